The molecule has 3 aliphatic rings. The van der Waals surface area contributed by atoms with Crippen LogP contribution in [0.25, 0.3) is 76.9 Å². The zero-order valence-corrected chi connectivity index (χ0v) is 33.9. The number of allylic oxidation sites excluding steroid dienone is 8. The second kappa shape index (κ2) is 13.3. The van der Waals surface area contributed by atoms with E-state index in [1.807, 2.05) is 12.1 Å². The first kappa shape index (κ1) is 34.9. The Balaban J connectivity index is 1.06. The van der Waals surface area contributed by atoms with Crippen molar-refractivity contribution < 1.29 is 8.83 Å². The predicted octanol–water partition coefficient (Wildman–Crippen LogP) is 16.0. The van der Waals surface area contributed by atoms with Crippen molar-refractivity contribution in [3.63, 3.8) is 0 Å². The van der Waals surface area contributed by atoms with Gasteiger partial charge in [-0.25, -0.2) is 0 Å². The van der Waals surface area contributed by atoms with Crippen molar-refractivity contribution in [1.82, 2.24) is 0 Å². The fourth-order valence-electron chi connectivity index (χ4n) is 11.0. The Hall–Kier alpha value is -7.88. The molecule has 0 fully saturated rings. The van der Waals surface area contributed by atoms with Gasteiger partial charge in [0.15, 0.2) is 0 Å². The number of furan rings is 2. The molecular formula is C59H39NO2. The van der Waals surface area contributed by atoms with Gasteiger partial charge < -0.3 is 13.7 Å². The van der Waals surface area contributed by atoms with E-state index in [1.165, 1.54) is 44.4 Å². The second-order valence-electron chi connectivity index (χ2n) is 16.6. The van der Waals surface area contributed by atoms with Gasteiger partial charge in [0, 0.05) is 50.6 Å². The van der Waals surface area contributed by atoms with E-state index in [1.54, 1.807) is 0 Å². The molecule has 1 spiro atoms. The van der Waals surface area contributed by atoms with Gasteiger partial charge in [-0.05, 0) is 111 Å². The maximum absolute atomic E-state index is 6.85. The Kier molecular flexibility index (Phi) is 7.50. The monoisotopic (exact) mass is 793 g/mol. The largest absolute Gasteiger partial charge is 0.456 e. The summed E-state index contributed by atoms with van der Waals surface area (Å²) in [5.41, 5.74) is 17.3. The van der Waals surface area contributed by atoms with Gasteiger partial charge in [0.1, 0.15) is 22.3 Å². The van der Waals surface area contributed by atoms with Crippen molar-refractivity contribution in [2.45, 2.75) is 18.3 Å². The summed E-state index contributed by atoms with van der Waals surface area (Å²) >= 11 is 0. The minimum atomic E-state index is -0.489. The highest BCUT2D eigenvalue weighted by Gasteiger charge is 2.53. The van der Waals surface area contributed by atoms with Crippen LogP contribution in [0.5, 0.6) is 0 Å². The molecule has 0 amide bonds. The van der Waals surface area contributed by atoms with E-state index in [4.69, 9.17) is 8.83 Å². The van der Waals surface area contributed by atoms with E-state index in [-0.39, 0.29) is 0 Å². The molecule has 3 aliphatic carbocycles. The summed E-state index contributed by atoms with van der Waals surface area (Å²) in [6.45, 7) is 4.46. The fourth-order valence-corrected chi connectivity index (χ4v) is 11.0. The van der Waals surface area contributed by atoms with Crippen LogP contribution in [0.4, 0.5) is 11.4 Å². The second-order valence-corrected chi connectivity index (χ2v) is 16.6. The first-order valence-corrected chi connectivity index (χ1v) is 21.5. The molecule has 13 rings (SSSR count). The number of fused-ring (bicyclic) bond motifs is 14. The lowest BCUT2D eigenvalue weighted by atomic mass is 9.68. The molecule has 3 heteroatoms. The van der Waals surface area contributed by atoms with Crippen molar-refractivity contribution >= 4 is 77.2 Å². The van der Waals surface area contributed by atoms with Crippen LogP contribution < -0.4 is 4.90 Å². The van der Waals surface area contributed by atoms with E-state index in [9.17, 15) is 0 Å². The highest BCUT2D eigenvalue weighted by Crippen LogP contribution is 2.64. The molecule has 2 heterocycles. The van der Waals surface area contributed by atoms with Crippen LogP contribution in [0.15, 0.2) is 227 Å². The number of nitrogens with zero attached hydrogens (tertiary/aromatic N) is 1. The van der Waals surface area contributed by atoms with Crippen molar-refractivity contribution in [3.05, 3.63) is 240 Å². The summed E-state index contributed by atoms with van der Waals surface area (Å²) in [6.07, 6.45) is 13.7. The van der Waals surface area contributed by atoms with Crippen molar-refractivity contribution in [1.29, 1.82) is 0 Å². The molecule has 0 aliphatic heterocycles. The molecule has 0 bridgehead atoms. The number of hydrogen-bond donors (Lipinski definition) is 0. The third kappa shape index (κ3) is 4.82. The Bertz CT molecular complexity index is 3680. The Morgan fingerprint density at radius 3 is 2.05 bits per heavy atom. The predicted molar refractivity (Wildman–Crippen MR) is 258 cm³/mol. The summed E-state index contributed by atoms with van der Waals surface area (Å²) in [6, 6.07) is 60.9. The van der Waals surface area contributed by atoms with Gasteiger partial charge in [-0.3, -0.25) is 0 Å². The summed E-state index contributed by atoms with van der Waals surface area (Å²) in [4.78, 5) is 2.33. The van der Waals surface area contributed by atoms with E-state index < -0.39 is 5.41 Å². The van der Waals surface area contributed by atoms with Gasteiger partial charge >= 0.3 is 0 Å². The van der Waals surface area contributed by atoms with E-state index in [0.29, 0.717) is 0 Å². The minimum absolute atomic E-state index is 0.489. The van der Waals surface area contributed by atoms with Crippen LogP contribution in [0, 0.1) is 0 Å². The number of hydrogen-bond acceptors (Lipinski definition) is 3. The average molecular weight is 794 g/mol. The molecule has 3 nitrogen and oxygen atoms in total. The van der Waals surface area contributed by atoms with Crippen molar-refractivity contribution in [2.24, 2.45) is 0 Å². The lowest BCUT2D eigenvalue weighted by molar-refractivity contribution is 0.669. The van der Waals surface area contributed by atoms with E-state index in [0.717, 1.165) is 90.2 Å². The Morgan fingerprint density at radius 1 is 0.516 bits per heavy atom. The molecule has 0 saturated carbocycles. The number of anilines is 2. The smallest absolute Gasteiger partial charge is 0.143 e. The van der Waals surface area contributed by atoms with Crippen LogP contribution in [-0.4, -0.2) is 0 Å². The molecule has 292 valence electrons. The molecular weight excluding hydrogens is 755 g/mol. The summed E-state index contributed by atoms with van der Waals surface area (Å²) in [7, 11) is 0. The molecule has 62 heavy (non-hydrogen) atoms. The zero-order chi connectivity index (χ0) is 40.9. The molecule has 0 N–H and O–H groups in total. The maximum atomic E-state index is 6.85. The maximum Gasteiger partial charge on any atom is 0.143 e. The summed E-state index contributed by atoms with van der Waals surface area (Å²) in [5.74, 6) is 0. The zero-order valence-electron chi connectivity index (χ0n) is 33.9. The lowest BCUT2D eigenvalue weighted by Crippen LogP contribution is -2.27. The van der Waals surface area contributed by atoms with Crippen molar-refractivity contribution in [3.8, 4) is 11.1 Å². The first-order chi connectivity index (χ1) is 30.7. The van der Waals surface area contributed by atoms with Gasteiger partial charge in [-0.15, -0.1) is 0 Å². The van der Waals surface area contributed by atoms with Crippen LogP contribution >= 0.6 is 0 Å². The summed E-state index contributed by atoms with van der Waals surface area (Å²) in [5, 5.41) is 6.77. The fraction of sp³-hybridized carbons (Fsp3) is 0.0508. The SMILES string of the molecule is C=CC1=C(/C=C/N(c2ccc3c(c2)oc2ccccc23)c2ccccc2-c2cccc3c2oc2cc4ccccc4cc23)C2(C3=CCCC=C3c3ccccc32)c2ccccc21. The lowest BCUT2D eigenvalue weighted by Gasteiger charge is -2.33. The Morgan fingerprint density at radius 2 is 1.18 bits per heavy atom. The quantitative estimate of drug-likeness (QED) is 0.168. The van der Waals surface area contributed by atoms with Gasteiger partial charge in [0.05, 0.1) is 11.1 Å². The third-order valence-electron chi connectivity index (χ3n) is 13.5. The van der Waals surface area contributed by atoms with Crippen molar-refractivity contribution in [2.75, 3.05) is 4.90 Å². The van der Waals surface area contributed by atoms with Crippen LogP contribution in [0.2, 0.25) is 0 Å². The standard InChI is InChI=1S/C59H39NO2/c1-2-40-41-18-5-10-25-50(41)59(51-26-11-6-19-42(51)43-20-7-12-27-52(43)59)53(40)32-33-60(39-30-31-46-45-22-9-14-29-55(45)61-57(46)36-39)54-28-13-8-21-44(54)47-23-15-24-48-49-34-37-16-3-4-17-38(37)35-56(49)62-58(47)48/h2-6,8-11,13-36H,1,7,12H2/b33-32+. The van der Waals surface area contributed by atoms with Gasteiger partial charge in [0.2, 0.25) is 0 Å². The highest BCUT2D eigenvalue weighted by molar-refractivity contribution is 6.14. The van der Waals surface area contributed by atoms with Gasteiger partial charge in [-0.1, -0.05) is 152 Å². The minimum Gasteiger partial charge on any atom is -0.456 e. The number of rotatable bonds is 6. The highest BCUT2D eigenvalue weighted by atomic mass is 16.3. The van der Waals surface area contributed by atoms with Crippen LogP contribution in [-0.2, 0) is 5.41 Å². The van der Waals surface area contributed by atoms with E-state index in [2.05, 4.69) is 200 Å². The first-order valence-electron chi connectivity index (χ1n) is 21.5. The van der Waals surface area contributed by atoms with Crippen LogP contribution in [0.3, 0.4) is 0 Å². The molecule has 10 aromatic rings. The molecule has 8 aromatic carbocycles. The summed E-state index contributed by atoms with van der Waals surface area (Å²) < 4.78 is 13.4. The van der Waals surface area contributed by atoms with E-state index >= 15 is 0 Å². The molecule has 1 unspecified atom stereocenters. The normalized spacial score (nSPS) is 16.8. The van der Waals surface area contributed by atoms with Gasteiger partial charge in [-0.2, -0.15) is 0 Å². The molecule has 0 radical (unpaired) electrons. The Labute approximate surface area is 359 Å². The third-order valence-corrected chi connectivity index (χ3v) is 13.5. The van der Waals surface area contributed by atoms with Crippen LogP contribution in [0.1, 0.15) is 35.1 Å². The number of benzene rings is 8. The molecule has 1 atom stereocenters. The topological polar surface area (TPSA) is 29.5 Å². The number of para-hydroxylation sites is 3. The van der Waals surface area contributed by atoms with Gasteiger partial charge in [0.25, 0.3) is 0 Å². The molecule has 2 aromatic heterocycles. The molecule has 0 saturated heterocycles. The average Bonchev–Trinajstić information content (AvgIpc) is 4.05.